The van der Waals surface area contributed by atoms with E-state index < -0.39 is 6.04 Å². The highest BCUT2D eigenvalue weighted by atomic mass is 32.2. The van der Waals surface area contributed by atoms with Crippen molar-refractivity contribution in [2.24, 2.45) is 0 Å². The van der Waals surface area contributed by atoms with E-state index in [2.05, 4.69) is 15.3 Å². The normalized spacial score (nSPS) is 11.8. The Balaban J connectivity index is 1.66. The van der Waals surface area contributed by atoms with Crippen LogP contribution in [0.25, 0.3) is 11.2 Å². The van der Waals surface area contributed by atoms with Crippen LogP contribution in [0.15, 0.2) is 87.8 Å². The molecule has 0 radical (unpaired) electrons. The van der Waals surface area contributed by atoms with Crippen molar-refractivity contribution in [3.8, 4) is 17.5 Å². The Kier molecular flexibility index (Phi) is 6.02. The first-order valence-corrected chi connectivity index (χ1v) is 11.7. The Morgan fingerprint density at radius 2 is 1.83 bits per heavy atom. The summed E-state index contributed by atoms with van der Waals surface area (Å²) in [6.45, 7) is 1.81. The van der Waals surface area contributed by atoms with Crippen LogP contribution in [0.2, 0.25) is 0 Å². The Labute approximate surface area is 209 Å². The lowest BCUT2D eigenvalue weighted by molar-refractivity contribution is 0.462. The molecule has 0 saturated carbocycles. The Bertz CT molecular complexity index is 1670. The summed E-state index contributed by atoms with van der Waals surface area (Å²) in [4.78, 5) is 23.2. The van der Waals surface area contributed by atoms with E-state index in [9.17, 15) is 15.2 Å². The smallest absolute Gasteiger partial charge is 0.283 e. The molecule has 1 atom stereocenters. The van der Waals surface area contributed by atoms with Gasteiger partial charge in [0.05, 0.1) is 16.6 Å². The third kappa shape index (κ3) is 4.10. The molecule has 5 aromatic rings. The van der Waals surface area contributed by atoms with Gasteiger partial charge in [-0.05, 0) is 37.3 Å². The number of nitriles is 1. The number of benzene rings is 2. The van der Waals surface area contributed by atoms with Crippen molar-refractivity contribution in [1.82, 2.24) is 24.1 Å². The maximum Gasteiger partial charge on any atom is 0.283 e. The lowest BCUT2D eigenvalue weighted by Gasteiger charge is -2.20. The van der Waals surface area contributed by atoms with Gasteiger partial charge in [0.1, 0.15) is 40.9 Å². The van der Waals surface area contributed by atoms with Crippen LogP contribution in [0.3, 0.4) is 0 Å². The van der Waals surface area contributed by atoms with Crippen LogP contribution in [-0.2, 0) is 0 Å². The lowest BCUT2D eigenvalue weighted by atomic mass is 10.2. The molecular formula is C25H20N8O2S. The molecule has 0 amide bonds. The maximum atomic E-state index is 13.9. The van der Waals surface area contributed by atoms with Crippen LogP contribution in [0, 0.1) is 11.3 Å². The molecule has 3 heterocycles. The predicted molar refractivity (Wildman–Crippen MR) is 136 cm³/mol. The van der Waals surface area contributed by atoms with Crippen molar-refractivity contribution in [3.05, 3.63) is 94.9 Å². The average Bonchev–Trinajstić information content (AvgIpc) is 3.29. The number of nitrogens with zero attached hydrogens (tertiary/aromatic N) is 6. The number of nitrogen functional groups attached to an aromatic ring is 1. The second kappa shape index (κ2) is 9.44. The summed E-state index contributed by atoms with van der Waals surface area (Å²) in [7, 11) is 0. The van der Waals surface area contributed by atoms with Gasteiger partial charge in [-0.15, -0.1) is 0 Å². The van der Waals surface area contributed by atoms with Gasteiger partial charge in [-0.25, -0.2) is 14.5 Å². The molecule has 11 heteroatoms. The van der Waals surface area contributed by atoms with Crippen molar-refractivity contribution >= 4 is 28.9 Å². The van der Waals surface area contributed by atoms with E-state index in [0.717, 1.165) is 0 Å². The average molecular weight is 497 g/mol. The van der Waals surface area contributed by atoms with Crippen LogP contribution >= 0.6 is 11.8 Å². The number of aromatic hydroxyl groups is 1. The zero-order valence-corrected chi connectivity index (χ0v) is 19.8. The van der Waals surface area contributed by atoms with Crippen LogP contribution in [0.4, 0.5) is 11.6 Å². The molecule has 0 spiro atoms. The molecule has 10 nitrogen and oxygen atoms in total. The summed E-state index contributed by atoms with van der Waals surface area (Å²) in [6, 6.07) is 19.4. The standard InChI is InChI=1S/C25H20N8O2S/c1-15(30-23-17(13-26)22(27)28-14-29-23)24-31-32-12-11-20(36-19-10-6-5-9-18(19)34)21(32)25(35)33(24)16-7-3-2-4-8-16/h2-12,14-15,34H,1H3,(H3,27,28,29,30). The van der Waals surface area contributed by atoms with Gasteiger partial charge in [0, 0.05) is 11.1 Å². The van der Waals surface area contributed by atoms with Gasteiger partial charge in [0.15, 0.2) is 5.82 Å². The Morgan fingerprint density at radius 3 is 2.58 bits per heavy atom. The van der Waals surface area contributed by atoms with E-state index >= 15 is 0 Å². The van der Waals surface area contributed by atoms with Crippen LogP contribution < -0.4 is 16.6 Å². The topological polar surface area (TPSA) is 147 Å². The van der Waals surface area contributed by atoms with Crippen LogP contribution in [0.5, 0.6) is 5.75 Å². The fourth-order valence-corrected chi connectivity index (χ4v) is 4.76. The van der Waals surface area contributed by atoms with Gasteiger partial charge in [-0.1, -0.05) is 42.1 Å². The largest absolute Gasteiger partial charge is 0.507 e. The van der Waals surface area contributed by atoms with Crippen LogP contribution in [0.1, 0.15) is 24.4 Å². The molecule has 0 fully saturated rings. The SMILES string of the molecule is CC(Nc1ncnc(N)c1C#N)c1nn2ccc(Sc3ccccc3O)c2c(=O)n1-c1ccccc1. The number of nitrogens with one attached hydrogen (secondary N) is 1. The monoisotopic (exact) mass is 496 g/mol. The molecule has 4 N–H and O–H groups in total. The highest BCUT2D eigenvalue weighted by Gasteiger charge is 2.22. The number of phenolic OH excluding ortho intramolecular Hbond substituents is 1. The molecule has 36 heavy (non-hydrogen) atoms. The summed E-state index contributed by atoms with van der Waals surface area (Å²) in [5, 5.41) is 27.6. The second-order valence-electron chi connectivity index (χ2n) is 7.84. The van der Waals surface area contributed by atoms with E-state index in [4.69, 9.17) is 10.8 Å². The molecule has 0 aliphatic heterocycles. The minimum absolute atomic E-state index is 0.0577. The van der Waals surface area contributed by atoms with Crippen molar-refractivity contribution in [3.63, 3.8) is 0 Å². The number of rotatable bonds is 6. The lowest BCUT2D eigenvalue weighted by Crippen LogP contribution is -2.29. The van der Waals surface area contributed by atoms with Gasteiger partial charge >= 0.3 is 0 Å². The summed E-state index contributed by atoms with van der Waals surface area (Å²) in [5.41, 5.74) is 6.66. The fraction of sp³-hybridized carbons (Fsp3) is 0.0800. The minimum Gasteiger partial charge on any atom is -0.507 e. The molecule has 0 aliphatic rings. The zero-order chi connectivity index (χ0) is 25.2. The molecule has 1 unspecified atom stereocenters. The van der Waals surface area contributed by atoms with Crippen molar-refractivity contribution in [2.75, 3.05) is 11.1 Å². The van der Waals surface area contributed by atoms with Crippen LogP contribution in [-0.4, -0.2) is 29.3 Å². The Morgan fingerprint density at radius 1 is 1.08 bits per heavy atom. The highest BCUT2D eigenvalue weighted by molar-refractivity contribution is 7.99. The number of anilines is 2. The molecule has 178 valence electrons. The van der Waals surface area contributed by atoms with Crippen molar-refractivity contribution < 1.29 is 5.11 Å². The predicted octanol–water partition coefficient (Wildman–Crippen LogP) is 3.76. The number of hydrogen-bond acceptors (Lipinski definition) is 9. The number of hydrogen-bond donors (Lipinski definition) is 3. The number of fused-ring (bicyclic) bond motifs is 1. The fourth-order valence-electron chi connectivity index (χ4n) is 3.80. The molecule has 5 rings (SSSR count). The van der Waals surface area contributed by atoms with Crippen molar-refractivity contribution in [1.29, 1.82) is 5.26 Å². The first kappa shape index (κ1) is 22.9. The summed E-state index contributed by atoms with van der Waals surface area (Å²) in [5.74, 6) is 0.830. The van der Waals surface area contributed by atoms with E-state index in [1.165, 1.54) is 27.2 Å². The number of nitrogens with two attached hydrogens (primary N) is 1. The Hall–Kier alpha value is -4.82. The van der Waals surface area contributed by atoms with Gasteiger partial charge in [-0.3, -0.25) is 9.36 Å². The molecular weight excluding hydrogens is 476 g/mol. The van der Waals surface area contributed by atoms with Gasteiger partial charge in [0.2, 0.25) is 0 Å². The van der Waals surface area contributed by atoms with Gasteiger partial charge < -0.3 is 16.2 Å². The molecule has 2 aromatic carbocycles. The van der Waals surface area contributed by atoms with E-state index in [1.54, 1.807) is 30.5 Å². The maximum absolute atomic E-state index is 13.9. The first-order valence-electron chi connectivity index (χ1n) is 10.9. The summed E-state index contributed by atoms with van der Waals surface area (Å²) < 4.78 is 3.05. The highest BCUT2D eigenvalue weighted by Crippen LogP contribution is 2.36. The first-order chi connectivity index (χ1) is 17.5. The van der Waals surface area contributed by atoms with Gasteiger partial charge in [-0.2, -0.15) is 10.4 Å². The summed E-state index contributed by atoms with van der Waals surface area (Å²) in [6.07, 6.45) is 2.97. The third-order valence-electron chi connectivity index (χ3n) is 5.50. The zero-order valence-electron chi connectivity index (χ0n) is 19.0. The molecule has 0 aliphatic carbocycles. The molecule has 0 bridgehead atoms. The van der Waals surface area contributed by atoms with E-state index in [0.29, 0.717) is 26.8 Å². The minimum atomic E-state index is -0.541. The summed E-state index contributed by atoms with van der Waals surface area (Å²) >= 11 is 1.29. The third-order valence-corrected chi connectivity index (χ3v) is 6.62. The number of para-hydroxylation sites is 2. The van der Waals surface area contributed by atoms with E-state index in [-0.39, 0.29) is 28.5 Å². The quantitative estimate of drug-likeness (QED) is 0.320. The number of phenols is 1. The van der Waals surface area contributed by atoms with Crippen molar-refractivity contribution in [2.45, 2.75) is 22.8 Å². The molecule has 0 saturated heterocycles. The molecule has 3 aromatic heterocycles. The van der Waals surface area contributed by atoms with E-state index in [1.807, 2.05) is 49.4 Å². The second-order valence-corrected chi connectivity index (χ2v) is 8.92. The number of aromatic nitrogens is 5. The van der Waals surface area contributed by atoms with Gasteiger partial charge in [0.25, 0.3) is 5.56 Å².